The number of ether oxygens (including phenoxy) is 4. The van der Waals surface area contributed by atoms with Crippen LogP contribution in [0.15, 0.2) is 89.3 Å². The second-order valence-electron chi connectivity index (χ2n) is 10.4. The van der Waals surface area contributed by atoms with Gasteiger partial charge in [0.15, 0.2) is 17.3 Å². The van der Waals surface area contributed by atoms with Crippen molar-refractivity contribution < 1.29 is 33.6 Å². The quantitative estimate of drug-likeness (QED) is 0.202. The minimum atomic E-state index is -0.777. The number of esters is 1. The number of Topliss-reactive ketones (excluding diaryl/α,β-unsaturated/α-hetero) is 1. The molecule has 2 N–H and O–H groups in total. The van der Waals surface area contributed by atoms with E-state index in [4.69, 9.17) is 30.5 Å². The average Bonchev–Trinajstić information content (AvgIpc) is 3.01. The number of para-hydroxylation sites is 1. The summed E-state index contributed by atoms with van der Waals surface area (Å²) in [5.74, 6) is -0.115. The molecule has 0 saturated heterocycles. The number of allylic oxidation sites excluding steroid dienone is 3. The molecule has 43 heavy (non-hydrogen) atoms. The number of benzene rings is 3. The van der Waals surface area contributed by atoms with E-state index in [0.29, 0.717) is 41.2 Å². The number of phenols is 1. The van der Waals surface area contributed by atoms with E-state index in [1.54, 1.807) is 33.1 Å². The Hall–Kier alpha value is -4.43. The maximum Gasteiger partial charge on any atom is 0.336 e. The van der Waals surface area contributed by atoms with Crippen LogP contribution in [0.3, 0.4) is 0 Å². The topological polar surface area (TPSA) is 103 Å². The molecule has 0 unspecified atom stereocenters. The predicted octanol–water partition coefficient (Wildman–Crippen LogP) is 6.44. The molecular formula is C34H34ClNO7. The number of rotatable bonds is 10. The minimum Gasteiger partial charge on any atom is -0.503 e. The van der Waals surface area contributed by atoms with Crippen LogP contribution in [0.4, 0.5) is 0 Å². The molecule has 0 amide bonds. The number of phenolic OH excluding ortho intramolecular Hbond substituents is 1. The lowest BCUT2D eigenvalue weighted by atomic mass is 9.71. The van der Waals surface area contributed by atoms with Gasteiger partial charge in [-0.15, -0.1) is 0 Å². The fourth-order valence-electron chi connectivity index (χ4n) is 5.67. The first kappa shape index (κ1) is 30.0. The highest BCUT2D eigenvalue weighted by atomic mass is 35.5. The summed E-state index contributed by atoms with van der Waals surface area (Å²) in [6.45, 7) is 4.05. The van der Waals surface area contributed by atoms with E-state index < -0.39 is 11.9 Å². The summed E-state index contributed by atoms with van der Waals surface area (Å²) in [4.78, 5) is 27.6. The SMILES string of the molecule is CCOc1cc([C@@H]2C(C(=O)OCCOc3ccccc3)=C(C)NC3=C2C(=O)C[C@H](c2ccc(OC)cc2)C3)cc(Cl)c1O. The largest absolute Gasteiger partial charge is 0.503 e. The summed E-state index contributed by atoms with van der Waals surface area (Å²) in [5, 5.41) is 13.9. The van der Waals surface area contributed by atoms with Gasteiger partial charge in [0, 0.05) is 29.3 Å². The third-order valence-corrected chi connectivity index (χ3v) is 7.94. The maximum atomic E-state index is 13.9. The van der Waals surface area contributed by atoms with Crippen LogP contribution < -0.4 is 19.5 Å². The summed E-state index contributed by atoms with van der Waals surface area (Å²) >= 11 is 6.43. The molecule has 0 bridgehead atoms. The van der Waals surface area contributed by atoms with Crippen LogP contribution in [-0.4, -0.2) is 43.8 Å². The lowest BCUT2D eigenvalue weighted by Gasteiger charge is -2.37. The molecule has 0 spiro atoms. The second kappa shape index (κ2) is 13.3. The Kier molecular flexibility index (Phi) is 9.26. The number of dihydropyridines is 1. The molecule has 0 saturated carbocycles. The van der Waals surface area contributed by atoms with Gasteiger partial charge in [-0.05, 0) is 73.7 Å². The van der Waals surface area contributed by atoms with Crippen LogP contribution in [0.25, 0.3) is 0 Å². The van der Waals surface area contributed by atoms with Crippen molar-refractivity contribution in [1.29, 1.82) is 0 Å². The van der Waals surface area contributed by atoms with E-state index in [-0.39, 0.29) is 47.9 Å². The van der Waals surface area contributed by atoms with Crippen molar-refractivity contribution >= 4 is 23.4 Å². The smallest absolute Gasteiger partial charge is 0.336 e. The molecule has 2 atom stereocenters. The van der Waals surface area contributed by atoms with Crippen molar-refractivity contribution in [2.75, 3.05) is 26.9 Å². The number of ketones is 1. The molecule has 224 valence electrons. The zero-order chi connectivity index (χ0) is 30.5. The van der Waals surface area contributed by atoms with Gasteiger partial charge in [0.2, 0.25) is 0 Å². The highest BCUT2D eigenvalue weighted by Gasteiger charge is 2.42. The van der Waals surface area contributed by atoms with Crippen LogP contribution in [0.2, 0.25) is 5.02 Å². The number of nitrogens with one attached hydrogen (secondary N) is 1. The summed E-state index contributed by atoms with van der Waals surface area (Å²) < 4.78 is 22.3. The van der Waals surface area contributed by atoms with Crippen molar-refractivity contribution in [3.05, 3.63) is 105 Å². The Morgan fingerprint density at radius 3 is 2.42 bits per heavy atom. The van der Waals surface area contributed by atoms with E-state index in [2.05, 4.69) is 5.32 Å². The number of methoxy groups -OCH3 is 1. The van der Waals surface area contributed by atoms with Gasteiger partial charge in [-0.3, -0.25) is 4.79 Å². The highest BCUT2D eigenvalue weighted by molar-refractivity contribution is 6.32. The fourth-order valence-corrected chi connectivity index (χ4v) is 5.89. The van der Waals surface area contributed by atoms with Crippen LogP contribution in [-0.2, 0) is 14.3 Å². The second-order valence-corrected chi connectivity index (χ2v) is 10.8. The van der Waals surface area contributed by atoms with Gasteiger partial charge in [0.25, 0.3) is 0 Å². The predicted molar refractivity (Wildman–Crippen MR) is 163 cm³/mol. The van der Waals surface area contributed by atoms with Gasteiger partial charge < -0.3 is 29.4 Å². The van der Waals surface area contributed by atoms with Crippen molar-refractivity contribution in [3.8, 4) is 23.0 Å². The molecule has 1 heterocycles. The first-order chi connectivity index (χ1) is 20.8. The van der Waals surface area contributed by atoms with E-state index in [1.165, 1.54) is 0 Å². The van der Waals surface area contributed by atoms with Gasteiger partial charge in [0.1, 0.15) is 24.7 Å². The van der Waals surface area contributed by atoms with E-state index in [1.807, 2.05) is 54.6 Å². The van der Waals surface area contributed by atoms with E-state index in [0.717, 1.165) is 17.0 Å². The normalized spacial score (nSPS) is 18.1. The van der Waals surface area contributed by atoms with E-state index in [9.17, 15) is 14.7 Å². The Morgan fingerprint density at radius 2 is 1.72 bits per heavy atom. The molecule has 0 radical (unpaired) electrons. The summed E-state index contributed by atoms with van der Waals surface area (Å²) in [7, 11) is 1.61. The Morgan fingerprint density at radius 1 is 0.977 bits per heavy atom. The van der Waals surface area contributed by atoms with Crippen molar-refractivity contribution in [1.82, 2.24) is 5.32 Å². The minimum absolute atomic E-state index is 0.0111. The third-order valence-electron chi connectivity index (χ3n) is 7.65. The molecule has 8 nitrogen and oxygen atoms in total. The zero-order valence-electron chi connectivity index (χ0n) is 24.3. The van der Waals surface area contributed by atoms with Crippen molar-refractivity contribution in [3.63, 3.8) is 0 Å². The number of hydrogen-bond acceptors (Lipinski definition) is 8. The molecule has 0 aromatic heterocycles. The molecule has 0 fully saturated rings. The summed E-state index contributed by atoms with van der Waals surface area (Å²) in [6.07, 6.45) is 0.832. The lowest BCUT2D eigenvalue weighted by molar-refractivity contribution is -0.140. The molecule has 1 aliphatic carbocycles. The number of halogens is 1. The Balaban J connectivity index is 1.48. The number of carbonyl (C=O) groups is 2. The number of aromatic hydroxyl groups is 1. The van der Waals surface area contributed by atoms with Gasteiger partial charge in [0.05, 0.1) is 24.3 Å². The Labute approximate surface area is 255 Å². The van der Waals surface area contributed by atoms with Crippen molar-refractivity contribution in [2.24, 2.45) is 0 Å². The molecule has 5 rings (SSSR count). The standard InChI is InChI=1S/C34H34ClNO7/c1-4-41-29-19-23(16-26(35)33(29)38)31-30(34(39)43-15-14-42-25-8-6-5-7-9-25)20(2)36-27-17-22(18-28(37)32(27)31)21-10-12-24(40-3)13-11-21/h5-13,16,19,22,31,36,38H,4,14-15,17-18H2,1-3H3/t22-,31-/m1/s1. The molecular weight excluding hydrogens is 570 g/mol. The van der Waals surface area contributed by atoms with Crippen molar-refractivity contribution in [2.45, 2.75) is 38.5 Å². The first-order valence-electron chi connectivity index (χ1n) is 14.2. The Bertz CT molecular complexity index is 1560. The molecule has 3 aromatic rings. The number of hydrogen-bond donors (Lipinski definition) is 2. The molecule has 2 aliphatic rings. The number of carbonyl (C=O) groups excluding carboxylic acids is 2. The first-order valence-corrected chi connectivity index (χ1v) is 14.6. The van der Waals surface area contributed by atoms with Gasteiger partial charge in [-0.2, -0.15) is 0 Å². The van der Waals surface area contributed by atoms with Crippen LogP contribution in [0.5, 0.6) is 23.0 Å². The van der Waals surface area contributed by atoms with Gasteiger partial charge in [-0.25, -0.2) is 4.79 Å². The lowest BCUT2D eigenvalue weighted by Crippen LogP contribution is -2.36. The van der Waals surface area contributed by atoms with Crippen LogP contribution in [0.1, 0.15) is 49.7 Å². The van der Waals surface area contributed by atoms with E-state index >= 15 is 0 Å². The molecule has 9 heteroatoms. The maximum absolute atomic E-state index is 13.9. The van der Waals surface area contributed by atoms with Crippen LogP contribution >= 0.6 is 11.6 Å². The zero-order valence-corrected chi connectivity index (χ0v) is 25.1. The van der Waals surface area contributed by atoms with Gasteiger partial charge >= 0.3 is 5.97 Å². The third kappa shape index (κ3) is 6.49. The molecule has 3 aromatic carbocycles. The van der Waals surface area contributed by atoms with Crippen LogP contribution in [0, 0.1) is 0 Å². The fraction of sp³-hybridized carbons (Fsp3) is 0.294. The summed E-state index contributed by atoms with van der Waals surface area (Å²) in [6, 6.07) is 20.2. The average molecular weight is 604 g/mol. The molecule has 1 aliphatic heterocycles. The monoisotopic (exact) mass is 603 g/mol. The summed E-state index contributed by atoms with van der Waals surface area (Å²) in [5.41, 5.74) is 3.65. The van der Waals surface area contributed by atoms with Gasteiger partial charge in [-0.1, -0.05) is 41.9 Å². The highest BCUT2D eigenvalue weighted by Crippen LogP contribution is 2.48.